The van der Waals surface area contributed by atoms with Crippen molar-refractivity contribution in [3.8, 4) is 0 Å². The van der Waals surface area contributed by atoms with Gasteiger partial charge in [0, 0.05) is 19.0 Å². The van der Waals surface area contributed by atoms with Crippen molar-refractivity contribution in [2.75, 3.05) is 13.1 Å². The lowest BCUT2D eigenvalue weighted by Gasteiger charge is -2.37. The van der Waals surface area contributed by atoms with E-state index in [0.717, 1.165) is 6.42 Å². The van der Waals surface area contributed by atoms with Gasteiger partial charge in [0.05, 0.1) is 0 Å². The van der Waals surface area contributed by atoms with Crippen molar-refractivity contribution in [2.45, 2.75) is 77.2 Å². The van der Waals surface area contributed by atoms with E-state index >= 15 is 0 Å². The first-order chi connectivity index (χ1) is 19.0. The van der Waals surface area contributed by atoms with Crippen molar-refractivity contribution in [3.63, 3.8) is 0 Å². The molecule has 226 valence electrons. The van der Waals surface area contributed by atoms with Crippen LogP contribution in [0.4, 0.5) is 13.2 Å². The van der Waals surface area contributed by atoms with Gasteiger partial charge in [0.2, 0.25) is 29.5 Å². The highest BCUT2D eigenvalue weighted by Gasteiger charge is 2.69. The lowest BCUT2D eigenvalue weighted by Crippen LogP contribution is -2.61. The Bertz CT molecular complexity index is 1180. The number of primary amides is 1. The molecule has 0 aromatic carbocycles. The van der Waals surface area contributed by atoms with Crippen molar-refractivity contribution in [1.82, 2.24) is 20.9 Å². The van der Waals surface area contributed by atoms with Crippen molar-refractivity contribution in [3.05, 3.63) is 12.2 Å². The van der Waals surface area contributed by atoms with Gasteiger partial charge in [-0.25, -0.2) is 0 Å². The number of allylic oxidation sites excluding steroid dienone is 2. The summed E-state index contributed by atoms with van der Waals surface area (Å²) in [5.41, 5.74) is 2.13. The Morgan fingerprint density at radius 2 is 1.78 bits per heavy atom. The first kappa shape index (κ1) is 29.4. The van der Waals surface area contributed by atoms with E-state index in [0.29, 0.717) is 13.0 Å². The van der Waals surface area contributed by atoms with E-state index in [1.54, 1.807) is 20.8 Å². The number of halogens is 3. The third-order valence-electron chi connectivity index (χ3n) is 9.81. The molecule has 8 atom stereocenters. The summed E-state index contributed by atoms with van der Waals surface area (Å²) in [6.45, 7) is 5.61. The van der Waals surface area contributed by atoms with Gasteiger partial charge in [0.25, 0.3) is 0 Å². The van der Waals surface area contributed by atoms with E-state index in [2.05, 4.69) is 22.0 Å². The second-order valence-electron chi connectivity index (χ2n) is 13.5. The van der Waals surface area contributed by atoms with Crippen LogP contribution in [-0.2, 0) is 24.0 Å². The van der Waals surface area contributed by atoms with Gasteiger partial charge in [-0.05, 0) is 61.2 Å². The average Bonchev–Trinajstić information content (AvgIpc) is 3.15. The summed E-state index contributed by atoms with van der Waals surface area (Å²) in [6.07, 6.45) is 0.0347. The number of nitrogens with one attached hydrogen (secondary N) is 3. The summed E-state index contributed by atoms with van der Waals surface area (Å²) in [5.74, 6) is -4.11. The molecule has 0 unspecified atom stereocenters. The lowest BCUT2D eigenvalue weighted by molar-refractivity contribution is -0.193. The topological polar surface area (TPSA) is 151 Å². The third-order valence-corrected chi connectivity index (χ3v) is 9.81. The number of likely N-dealkylation sites (tertiary alicyclic amines) is 1. The molecule has 5 aliphatic rings. The lowest BCUT2D eigenvalue weighted by atomic mass is 9.81. The Hall–Kier alpha value is -3.12. The second-order valence-corrected chi connectivity index (χ2v) is 13.5. The number of hydrogen-bond acceptors (Lipinski definition) is 5. The minimum atomic E-state index is -4.74. The Labute approximate surface area is 236 Å². The number of carbonyl (C=O) groups excluding carboxylic acids is 5. The van der Waals surface area contributed by atoms with Gasteiger partial charge in [-0.2, -0.15) is 13.2 Å². The summed E-state index contributed by atoms with van der Waals surface area (Å²) < 4.78 is 41.1. The van der Waals surface area contributed by atoms with Crippen LogP contribution in [0.2, 0.25) is 0 Å². The van der Waals surface area contributed by atoms with Gasteiger partial charge in [0.15, 0.2) is 0 Å². The maximum Gasteiger partial charge on any atom is 0.403 e. The SMILES string of the molecule is CC(C)(C)[C@H](NC(=O)C1(C(F)(F)F)CC1)C(=O)N1C[C@H]2[C@@H]([C@H]1C(=O)N[C@@H](C[C@@H]1CCNC1=O)C(N)=O)[C@H]1C=C[C@@H]2C1. The zero-order valence-corrected chi connectivity index (χ0v) is 23.4. The standard InChI is InChI=1S/C28H38F3N5O5/c1-26(2,3)20(35-25(41)27(7-8-27)28(29,30)31)24(40)36-12-16-13-4-5-14(10-13)18(16)19(36)23(39)34-17(21(32)37)11-15-6-9-33-22(15)38/h4-5,13-20H,6-12H2,1-3H3,(H2,32,37)(H,33,38)(H,34,39)(H,35,41)/t13-,14+,15+,16-,17+,18+,19+,20-/m1/s1. The highest BCUT2D eigenvalue weighted by atomic mass is 19.4. The van der Waals surface area contributed by atoms with E-state index in [1.807, 2.05) is 6.08 Å². The van der Waals surface area contributed by atoms with Crippen LogP contribution in [0, 0.1) is 40.4 Å². The predicted octanol–water partition coefficient (Wildman–Crippen LogP) is 1.01. The summed E-state index contributed by atoms with van der Waals surface area (Å²) in [7, 11) is 0. The van der Waals surface area contributed by atoms with Gasteiger partial charge in [0.1, 0.15) is 23.5 Å². The molecule has 4 fully saturated rings. The van der Waals surface area contributed by atoms with Gasteiger partial charge < -0.3 is 26.6 Å². The molecule has 5 rings (SSSR count). The number of fused-ring (bicyclic) bond motifs is 5. The van der Waals surface area contributed by atoms with E-state index in [4.69, 9.17) is 5.73 Å². The highest BCUT2D eigenvalue weighted by molar-refractivity contribution is 5.96. The van der Waals surface area contributed by atoms with E-state index in [-0.39, 0.29) is 55.4 Å². The predicted molar refractivity (Wildman–Crippen MR) is 139 cm³/mol. The van der Waals surface area contributed by atoms with Gasteiger partial charge in [-0.15, -0.1) is 0 Å². The monoisotopic (exact) mass is 581 g/mol. The fraction of sp³-hybridized carbons (Fsp3) is 0.750. The number of rotatable bonds is 8. The Morgan fingerprint density at radius 1 is 1.12 bits per heavy atom. The normalized spacial score (nSPS) is 32.7. The molecular formula is C28H38F3N5O5. The average molecular weight is 582 g/mol. The highest BCUT2D eigenvalue weighted by Crippen LogP contribution is 2.58. The van der Waals surface area contributed by atoms with E-state index < -0.39 is 64.7 Å². The molecule has 10 nitrogen and oxygen atoms in total. The Morgan fingerprint density at radius 3 is 2.32 bits per heavy atom. The molecule has 5 amide bonds. The molecule has 3 aliphatic carbocycles. The molecule has 2 saturated heterocycles. The second kappa shape index (κ2) is 10.0. The number of nitrogens with zero attached hydrogens (tertiary/aromatic N) is 1. The first-order valence-electron chi connectivity index (χ1n) is 14.3. The fourth-order valence-corrected chi connectivity index (χ4v) is 7.29. The van der Waals surface area contributed by atoms with E-state index in [1.165, 1.54) is 4.90 Å². The van der Waals surface area contributed by atoms with Crippen LogP contribution in [0.3, 0.4) is 0 Å². The van der Waals surface area contributed by atoms with Crippen LogP contribution >= 0.6 is 0 Å². The summed E-state index contributed by atoms with van der Waals surface area (Å²) >= 11 is 0. The molecule has 0 spiro atoms. The molecule has 41 heavy (non-hydrogen) atoms. The van der Waals surface area contributed by atoms with Crippen molar-refractivity contribution in [1.29, 1.82) is 0 Å². The number of alkyl halides is 3. The fourth-order valence-electron chi connectivity index (χ4n) is 7.29. The summed E-state index contributed by atoms with van der Waals surface area (Å²) in [4.78, 5) is 66.7. The largest absolute Gasteiger partial charge is 0.403 e. The quantitative estimate of drug-likeness (QED) is 0.316. The van der Waals surface area contributed by atoms with Crippen LogP contribution in [0.25, 0.3) is 0 Å². The molecule has 2 aliphatic heterocycles. The third kappa shape index (κ3) is 5.09. The molecular weight excluding hydrogens is 543 g/mol. The zero-order chi connectivity index (χ0) is 30.1. The summed E-state index contributed by atoms with van der Waals surface area (Å²) in [6, 6.07) is -3.46. The van der Waals surface area contributed by atoms with E-state index in [9.17, 15) is 37.1 Å². The molecule has 2 heterocycles. The van der Waals surface area contributed by atoms with Crippen molar-refractivity contribution >= 4 is 29.5 Å². The van der Waals surface area contributed by atoms with Crippen LogP contribution < -0.4 is 21.7 Å². The zero-order valence-electron chi connectivity index (χ0n) is 23.4. The van der Waals surface area contributed by atoms with Crippen LogP contribution in [0.5, 0.6) is 0 Å². The van der Waals surface area contributed by atoms with Gasteiger partial charge in [-0.1, -0.05) is 32.9 Å². The van der Waals surface area contributed by atoms with Crippen LogP contribution in [0.1, 0.15) is 52.9 Å². The maximum absolute atomic E-state index is 14.1. The van der Waals surface area contributed by atoms with Crippen LogP contribution in [-0.4, -0.2) is 71.8 Å². The van der Waals surface area contributed by atoms with Gasteiger partial charge >= 0.3 is 6.18 Å². The maximum atomic E-state index is 14.1. The Balaban J connectivity index is 1.40. The smallest absolute Gasteiger partial charge is 0.368 e. The molecule has 13 heteroatoms. The molecule has 0 aromatic rings. The number of amides is 5. The van der Waals surface area contributed by atoms with Crippen molar-refractivity contribution in [2.24, 2.45) is 46.2 Å². The summed E-state index contributed by atoms with van der Waals surface area (Å²) in [5, 5.41) is 7.78. The number of nitrogens with two attached hydrogens (primary N) is 1. The molecule has 0 aromatic heterocycles. The minimum absolute atomic E-state index is 0.0216. The van der Waals surface area contributed by atoms with Crippen molar-refractivity contribution < 1.29 is 37.1 Å². The molecule has 2 bridgehead atoms. The molecule has 5 N–H and O–H groups in total. The molecule has 2 saturated carbocycles. The Kier molecular flexibility index (Phi) is 7.17. The van der Waals surface area contributed by atoms with Gasteiger partial charge in [-0.3, -0.25) is 24.0 Å². The minimum Gasteiger partial charge on any atom is -0.368 e. The molecule has 0 radical (unpaired) electrons. The number of carbonyl (C=O) groups is 5. The first-order valence-corrected chi connectivity index (χ1v) is 14.3. The van der Waals surface area contributed by atoms with Crippen LogP contribution in [0.15, 0.2) is 12.2 Å². The number of hydrogen-bond donors (Lipinski definition) is 4.